The average molecular weight is 248 g/mol. The van der Waals surface area contributed by atoms with Crippen molar-refractivity contribution in [2.45, 2.75) is 31.3 Å². The van der Waals surface area contributed by atoms with Gasteiger partial charge in [0.1, 0.15) is 6.79 Å². The molecule has 1 saturated heterocycles. The van der Waals surface area contributed by atoms with E-state index < -0.39 is 0 Å². The van der Waals surface area contributed by atoms with E-state index in [0.29, 0.717) is 24.2 Å². The molecular weight excluding hydrogens is 232 g/mol. The standard InChI is InChI=1S/C14H16O4/c1-16-14-11-10(9-5-17-6-18-13(9)11)7-3-2-4-8(7)12(14)15/h9,13,15H,2-6H2,1H3. The van der Waals surface area contributed by atoms with Gasteiger partial charge in [-0.1, -0.05) is 0 Å². The molecule has 1 N–H and O–H groups in total. The lowest BCUT2D eigenvalue weighted by molar-refractivity contribution is -0.166. The lowest BCUT2D eigenvalue weighted by atomic mass is 9.70. The molecule has 0 aromatic heterocycles. The van der Waals surface area contributed by atoms with Crippen molar-refractivity contribution in [2.24, 2.45) is 0 Å². The second-order valence-corrected chi connectivity index (χ2v) is 5.20. The summed E-state index contributed by atoms with van der Waals surface area (Å²) < 4.78 is 16.5. The molecule has 4 rings (SSSR count). The lowest BCUT2D eigenvalue weighted by Crippen LogP contribution is -2.36. The highest BCUT2D eigenvalue weighted by Crippen LogP contribution is 2.59. The van der Waals surface area contributed by atoms with Crippen LogP contribution in [0.4, 0.5) is 0 Å². The summed E-state index contributed by atoms with van der Waals surface area (Å²) in [7, 11) is 1.61. The maximum absolute atomic E-state index is 10.3. The van der Waals surface area contributed by atoms with Crippen molar-refractivity contribution in [3.63, 3.8) is 0 Å². The van der Waals surface area contributed by atoms with Crippen molar-refractivity contribution in [3.05, 3.63) is 22.3 Å². The Morgan fingerprint density at radius 2 is 2.06 bits per heavy atom. The van der Waals surface area contributed by atoms with Crippen LogP contribution in [0.5, 0.6) is 11.5 Å². The van der Waals surface area contributed by atoms with Crippen LogP contribution in [0.2, 0.25) is 0 Å². The van der Waals surface area contributed by atoms with E-state index >= 15 is 0 Å². The molecule has 96 valence electrons. The maximum atomic E-state index is 10.3. The molecule has 2 aliphatic carbocycles. The number of fused-ring (bicyclic) bond motifs is 6. The Morgan fingerprint density at radius 3 is 2.89 bits per heavy atom. The fraction of sp³-hybridized carbons (Fsp3) is 0.571. The summed E-state index contributed by atoms with van der Waals surface area (Å²) in [5.74, 6) is 1.28. The summed E-state index contributed by atoms with van der Waals surface area (Å²) in [6.07, 6.45) is 3.16. The number of ether oxygens (including phenoxy) is 3. The number of hydrogen-bond donors (Lipinski definition) is 1. The third-order valence-corrected chi connectivity index (χ3v) is 4.43. The number of aromatic hydroxyl groups is 1. The lowest BCUT2D eigenvalue weighted by Gasteiger charge is -2.44. The van der Waals surface area contributed by atoms with Crippen LogP contribution < -0.4 is 4.74 Å². The number of benzene rings is 1. The van der Waals surface area contributed by atoms with Crippen LogP contribution in [0.15, 0.2) is 0 Å². The first-order valence-corrected chi connectivity index (χ1v) is 6.46. The third-order valence-electron chi connectivity index (χ3n) is 4.43. The topological polar surface area (TPSA) is 47.9 Å². The van der Waals surface area contributed by atoms with E-state index in [1.54, 1.807) is 7.11 Å². The smallest absolute Gasteiger partial charge is 0.166 e. The maximum Gasteiger partial charge on any atom is 0.166 e. The molecule has 0 amide bonds. The predicted molar refractivity (Wildman–Crippen MR) is 64.1 cm³/mol. The molecule has 2 atom stereocenters. The van der Waals surface area contributed by atoms with Gasteiger partial charge in [0, 0.05) is 17.0 Å². The minimum Gasteiger partial charge on any atom is -0.504 e. The molecule has 0 spiro atoms. The molecule has 1 heterocycles. The van der Waals surface area contributed by atoms with E-state index in [1.807, 2.05) is 0 Å². The van der Waals surface area contributed by atoms with Crippen molar-refractivity contribution >= 4 is 0 Å². The summed E-state index contributed by atoms with van der Waals surface area (Å²) in [5, 5.41) is 10.3. The SMILES string of the molecule is COc1c(O)c2c(c3c1C1OCOCC31)CCC2. The molecule has 4 nitrogen and oxygen atoms in total. The Bertz CT molecular complexity index is 510. The van der Waals surface area contributed by atoms with E-state index in [1.165, 1.54) is 11.1 Å². The Kier molecular flexibility index (Phi) is 2.14. The van der Waals surface area contributed by atoms with Crippen LogP contribution in [0.3, 0.4) is 0 Å². The van der Waals surface area contributed by atoms with Gasteiger partial charge in [-0.05, 0) is 30.4 Å². The predicted octanol–water partition coefficient (Wildman–Crippen LogP) is 2.03. The second-order valence-electron chi connectivity index (χ2n) is 5.20. The van der Waals surface area contributed by atoms with Crippen molar-refractivity contribution in [1.29, 1.82) is 0 Å². The Labute approximate surface area is 105 Å². The minimum absolute atomic E-state index is 0.0421. The molecule has 0 bridgehead atoms. The van der Waals surface area contributed by atoms with Crippen LogP contribution in [-0.2, 0) is 22.3 Å². The van der Waals surface area contributed by atoms with Crippen molar-refractivity contribution in [2.75, 3.05) is 20.5 Å². The number of hydrogen-bond acceptors (Lipinski definition) is 4. The number of phenolic OH excluding ortho intramolecular Hbond substituents is 1. The molecule has 1 aromatic rings. The van der Waals surface area contributed by atoms with Gasteiger partial charge in [-0.25, -0.2) is 0 Å². The summed E-state index contributed by atoms with van der Waals surface area (Å²) in [6.45, 7) is 1.06. The van der Waals surface area contributed by atoms with E-state index in [-0.39, 0.29) is 6.10 Å². The van der Waals surface area contributed by atoms with Crippen LogP contribution in [0.1, 0.15) is 40.7 Å². The van der Waals surface area contributed by atoms with E-state index in [4.69, 9.17) is 14.2 Å². The fourth-order valence-electron chi connectivity index (χ4n) is 3.69. The monoisotopic (exact) mass is 248 g/mol. The van der Waals surface area contributed by atoms with Gasteiger partial charge >= 0.3 is 0 Å². The van der Waals surface area contributed by atoms with E-state index in [9.17, 15) is 5.11 Å². The molecule has 2 unspecified atom stereocenters. The quantitative estimate of drug-likeness (QED) is 0.826. The van der Waals surface area contributed by atoms with Crippen molar-refractivity contribution < 1.29 is 19.3 Å². The van der Waals surface area contributed by atoms with Crippen LogP contribution in [-0.4, -0.2) is 25.6 Å². The van der Waals surface area contributed by atoms with Crippen molar-refractivity contribution in [3.8, 4) is 11.5 Å². The number of phenols is 1. The highest BCUT2D eigenvalue weighted by Gasteiger charge is 2.47. The van der Waals surface area contributed by atoms with Gasteiger partial charge in [0.05, 0.1) is 19.8 Å². The molecule has 0 radical (unpaired) electrons. The fourth-order valence-corrected chi connectivity index (χ4v) is 3.69. The zero-order valence-corrected chi connectivity index (χ0v) is 10.4. The molecule has 1 fully saturated rings. The first-order chi connectivity index (χ1) is 8.83. The van der Waals surface area contributed by atoms with Gasteiger partial charge in [0.25, 0.3) is 0 Å². The minimum atomic E-state index is 0.0421. The highest BCUT2D eigenvalue weighted by atomic mass is 16.7. The Balaban J connectivity index is 1.96. The Hall–Kier alpha value is -1.26. The average Bonchev–Trinajstić information content (AvgIpc) is 2.84. The van der Waals surface area contributed by atoms with Crippen LogP contribution in [0.25, 0.3) is 0 Å². The van der Waals surface area contributed by atoms with Gasteiger partial charge in [0.2, 0.25) is 0 Å². The molecule has 1 aliphatic heterocycles. The summed E-state index contributed by atoms with van der Waals surface area (Å²) in [6, 6.07) is 0. The number of methoxy groups -OCH3 is 1. The van der Waals surface area contributed by atoms with E-state index in [2.05, 4.69) is 0 Å². The summed E-state index contributed by atoms with van der Waals surface area (Å²) in [4.78, 5) is 0. The third kappa shape index (κ3) is 1.12. The zero-order valence-electron chi connectivity index (χ0n) is 10.4. The van der Waals surface area contributed by atoms with Crippen molar-refractivity contribution in [1.82, 2.24) is 0 Å². The van der Waals surface area contributed by atoms with Crippen LogP contribution in [0, 0.1) is 0 Å². The molecular formula is C14H16O4. The number of rotatable bonds is 1. The van der Waals surface area contributed by atoms with Gasteiger partial charge in [0.15, 0.2) is 11.5 Å². The van der Waals surface area contributed by atoms with E-state index in [0.717, 1.165) is 37.0 Å². The highest BCUT2D eigenvalue weighted by molar-refractivity contribution is 5.67. The second kappa shape index (κ2) is 3.62. The molecule has 1 aromatic carbocycles. The van der Waals surface area contributed by atoms with Gasteiger partial charge < -0.3 is 19.3 Å². The molecule has 0 saturated carbocycles. The van der Waals surface area contributed by atoms with Crippen LogP contribution >= 0.6 is 0 Å². The normalized spacial score (nSPS) is 28.1. The Morgan fingerprint density at radius 1 is 1.22 bits per heavy atom. The zero-order chi connectivity index (χ0) is 12.3. The molecule has 4 heteroatoms. The summed E-state index contributed by atoms with van der Waals surface area (Å²) in [5.41, 5.74) is 4.78. The first kappa shape index (κ1) is 10.6. The first-order valence-electron chi connectivity index (χ1n) is 6.46. The van der Waals surface area contributed by atoms with Gasteiger partial charge in [-0.15, -0.1) is 0 Å². The van der Waals surface area contributed by atoms with Gasteiger partial charge in [-0.2, -0.15) is 0 Å². The summed E-state index contributed by atoms with van der Waals surface area (Å²) >= 11 is 0. The largest absolute Gasteiger partial charge is 0.504 e. The van der Waals surface area contributed by atoms with Gasteiger partial charge in [-0.3, -0.25) is 0 Å². The molecule has 18 heavy (non-hydrogen) atoms. The molecule has 3 aliphatic rings.